The molecule has 8 heteroatoms. The van der Waals surface area contributed by atoms with Crippen LogP contribution in [0, 0.1) is 5.92 Å². The molecule has 0 atom stereocenters. The predicted octanol–water partition coefficient (Wildman–Crippen LogP) is 5.39. The third-order valence-electron chi connectivity index (χ3n) is 5.06. The van der Waals surface area contributed by atoms with Crippen LogP contribution in [0.3, 0.4) is 0 Å². The highest BCUT2D eigenvalue weighted by molar-refractivity contribution is 6.31. The number of likely N-dealkylation sites (tertiary alicyclic amines) is 1. The minimum atomic E-state index is -4.44. The van der Waals surface area contributed by atoms with Crippen molar-refractivity contribution in [1.82, 2.24) is 10.2 Å². The maximum absolute atomic E-state index is 12.7. The second-order valence-corrected chi connectivity index (χ2v) is 7.63. The van der Waals surface area contributed by atoms with Crippen molar-refractivity contribution in [2.45, 2.75) is 25.6 Å². The topological polar surface area (TPSA) is 44.4 Å². The molecule has 156 valence electrons. The summed E-state index contributed by atoms with van der Waals surface area (Å²) in [7, 11) is 0. The summed E-state index contributed by atoms with van der Waals surface area (Å²) in [6.45, 7) is 3.11. The van der Waals surface area contributed by atoms with Crippen LogP contribution >= 0.6 is 11.6 Å². The van der Waals surface area contributed by atoms with Gasteiger partial charge in [-0.15, -0.1) is 0 Å². The molecule has 0 radical (unpaired) electrons. The molecule has 1 aliphatic rings. The van der Waals surface area contributed by atoms with Crippen LogP contribution in [-0.2, 0) is 12.7 Å². The molecule has 0 saturated carbocycles. The Balaban J connectivity index is 1.41. The van der Waals surface area contributed by atoms with Gasteiger partial charge in [0.1, 0.15) is 0 Å². The second kappa shape index (κ2) is 9.50. The first-order chi connectivity index (χ1) is 13.8. The highest BCUT2D eigenvalue weighted by atomic mass is 35.5. The lowest BCUT2D eigenvalue weighted by Crippen LogP contribution is -2.39. The number of rotatable bonds is 5. The first kappa shape index (κ1) is 21.5. The zero-order chi connectivity index (χ0) is 20.9. The predicted molar refractivity (Wildman–Crippen MR) is 108 cm³/mol. The van der Waals surface area contributed by atoms with Crippen LogP contribution in [0.5, 0.6) is 0 Å². The van der Waals surface area contributed by atoms with Crippen molar-refractivity contribution < 1.29 is 18.0 Å². The number of hydrogen-bond donors (Lipinski definition) is 2. The van der Waals surface area contributed by atoms with Gasteiger partial charge in [0.2, 0.25) is 0 Å². The lowest BCUT2D eigenvalue weighted by Gasteiger charge is -2.32. The minimum absolute atomic E-state index is 0.117. The molecule has 0 bridgehead atoms. The van der Waals surface area contributed by atoms with E-state index in [2.05, 4.69) is 15.5 Å². The van der Waals surface area contributed by atoms with E-state index in [0.717, 1.165) is 55.2 Å². The van der Waals surface area contributed by atoms with Crippen molar-refractivity contribution in [1.29, 1.82) is 0 Å². The molecule has 1 saturated heterocycles. The molecule has 2 aromatic carbocycles. The van der Waals surface area contributed by atoms with Crippen molar-refractivity contribution in [3.05, 3.63) is 64.7 Å². The number of nitrogens with one attached hydrogen (secondary N) is 2. The molecule has 3 rings (SSSR count). The molecular weight excluding hydrogens is 403 g/mol. The van der Waals surface area contributed by atoms with Gasteiger partial charge in [0, 0.05) is 23.8 Å². The number of piperidine rings is 1. The zero-order valence-electron chi connectivity index (χ0n) is 15.8. The van der Waals surface area contributed by atoms with E-state index in [-0.39, 0.29) is 5.69 Å². The number of carbonyl (C=O) groups is 1. The van der Waals surface area contributed by atoms with E-state index in [4.69, 9.17) is 11.6 Å². The Bertz CT molecular complexity index is 836. The first-order valence-electron chi connectivity index (χ1n) is 9.49. The minimum Gasteiger partial charge on any atom is -0.338 e. The lowest BCUT2D eigenvalue weighted by atomic mass is 9.96. The van der Waals surface area contributed by atoms with E-state index >= 15 is 0 Å². The number of hydrogen-bond acceptors (Lipinski definition) is 2. The Morgan fingerprint density at radius 3 is 2.52 bits per heavy atom. The number of amides is 2. The van der Waals surface area contributed by atoms with Gasteiger partial charge in [-0.05, 0) is 61.7 Å². The fourth-order valence-corrected chi connectivity index (χ4v) is 3.60. The fraction of sp³-hybridized carbons (Fsp3) is 0.381. The Morgan fingerprint density at radius 1 is 1.10 bits per heavy atom. The molecule has 1 aliphatic heterocycles. The lowest BCUT2D eigenvalue weighted by molar-refractivity contribution is -0.137. The van der Waals surface area contributed by atoms with Crippen molar-refractivity contribution in [2.75, 3.05) is 25.0 Å². The number of nitrogens with zero attached hydrogens (tertiary/aromatic N) is 1. The van der Waals surface area contributed by atoms with Crippen LogP contribution < -0.4 is 10.6 Å². The van der Waals surface area contributed by atoms with Gasteiger partial charge < -0.3 is 10.6 Å². The summed E-state index contributed by atoms with van der Waals surface area (Å²) >= 11 is 6.21. The van der Waals surface area contributed by atoms with Gasteiger partial charge in [-0.1, -0.05) is 35.9 Å². The molecule has 0 spiro atoms. The molecule has 0 aliphatic carbocycles. The quantitative estimate of drug-likeness (QED) is 0.674. The van der Waals surface area contributed by atoms with Gasteiger partial charge >= 0.3 is 12.2 Å². The number of benzene rings is 2. The third kappa shape index (κ3) is 6.37. The third-order valence-corrected chi connectivity index (χ3v) is 5.43. The van der Waals surface area contributed by atoms with Crippen LogP contribution in [0.2, 0.25) is 5.02 Å². The molecule has 0 aromatic heterocycles. The van der Waals surface area contributed by atoms with E-state index in [1.807, 2.05) is 24.3 Å². The molecule has 29 heavy (non-hydrogen) atoms. The van der Waals surface area contributed by atoms with E-state index in [1.165, 1.54) is 12.1 Å². The van der Waals surface area contributed by atoms with Gasteiger partial charge in [0.05, 0.1) is 5.56 Å². The van der Waals surface area contributed by atoms with Crippen molar-refractivity contribution in [3.63, 3.8) is 0 Å². The first-order valence-corrected chi connectivity index (χ1v) is 9.87. The Kier molecular flexibility index (Phi) is 7.03. The highest BCUT2D eigenvalue weighted by Gasteiger charge is 2.30. The zero-order valence-corrected chi connectivity index (χ0v) is 16.6. The summed E-state index contributed by atoms with van der Waals surface area (Å²) in [6.07, 6.45) is -2.56. The summed E-state index contributed by atoms with van der Waals surface area (Å²) in [5, 5.41) is 5.99. The molecular formula is C21H23ClF3N3O. The highest BCUT2D eigenvalue weighted by Crippen LogP contribution is 2.30. The van der Waals surface area contributed by atoms with Crippen LogP contribution in [0.1, 0.15) is 24.0 Å². The average molecular weight is 426 g/mol. The van der Waals surface area contributed by atoms with Crippen LogP contribution in [0.15, 0.2) is 48.5 Å². The molecule has 4 nitrogen and oxygen atoms in total. The number of carbonyl (C=O) groups excluding carboxylic acids is 1. The van der Waals surface area contributed by atoms with Crippen LogP contribution in [0.4, 0.5) is 23.7 Å². The maximum atomic E-state index is 12.7. The molecule has 2 N–H and O–H groups in total. The second-order valence-electron chi connectivity index (χ2n) is 7.22. The monoisotopic (exact) mass is 425 g/mol. The van der Waals surface area contributed by atoms with Gasteiger partial charge in [-0.25, -0.2) is 4.79 Å². The van der Waals surface area contributed by atoms with Crippen LogP contribution in [-0.4, -0.2) is 30.6 Å². The summed E-state index contributed by atoms with van der Waals surface area (Å²) in [4.78, 5) is 14.4. The molecule has 1 heterocycles. The SMILES string of the molecule is O=C(NCC1CCN(Cc2ccccc2Cl)CC1)Nc1cccc(C(F)(F)F)c1. The Hall–Kier alpha value is -2.25. The normalized spacial score (nSPS) is 15.9. The van der Waals surface area contributed by atoms with E-state index in [1.54, 1.807) is 0 Å². The average Bonchev–Trinajstić information content (AvgIpc) is 2.69. The van der Waals surface area contributed by atoms with E-state index in [9.17, 15) is 18.0 Å². The largest absolute Gasteiger partial charge is 0.416 e. The summed E-state index contributed by atoms with van der Waals surface area (Å²) < 4.78 is 38.2. The smallest absolute Gasteiger partial charge is 0.338 e. The summed E-state index contributed by atoms with van der Waals surface area (Å²) in [6, 6.07) is 11.9. The van der Waals surface area contributed by atoms with Crippen molar-refractivity contribution in [3.8, 4) is 0 Å². The number of halogens is 4. The molecule has 0 unspecified atom stereocenters. The number of urea groups is 1. The van der Waals surface area contributed by atoms with Crippen LogP contribution in [0.25, 0.3) is 0 Å². The van der Waals surface area contributed by atoms with Gasteiger partial charge in [-0.2, -0.15) is 13.2 Å². The Morgan fingerprint density at radius 2 is 1.83 bits per heavy atom. The van der Waals surface area contributed by atoms with Gasteiger partial charge in [0.25, 0.3) is 0 Å². The fourth-order valence-electron chi connectivity index (χ4n) is 3.40. The number of anilines is 1. The summed E-state index contributed by atoms with van der Waals surface area (Å²) in [5.74, 6) is 0.338. The summed E-state index contributed by atoms with van der Waals surface area (Å²) in [5.41, 5.74) is 0.430. The maximum Gasteiger partial charge on any atom is 0.416 e. The molecule has 2 aromatic rings. The van der Waals surface area contributed by atoms with E-state index < -0.39 is 17.8 Å². The van der Waals surface area contributed by atoms with Gasteiger partial charge in [-0.3, -0.25) is 4.90 Å². The van der Waals surface area contributed by atoms with Crippen molar-refractivity contribution in [2.24, 2.45) is 5.92 Å². The molecule has 2 amide bonds. The molecule has 1 fully saturated rings. The number of alkyl halides is 3. The van der Waals surface area contributed by atoms with Crippen molar-refractivity contribution >= 4 is 23.3 Å². The standard InChI is InChI=1S/C21H23ClF3N3O/c22-19-7-2-1-4-16(19)14-28-10-8-15(9-11-28)13-26-20(29)27-18-6-3-5-17(12-18)21(23,24)25/h1-7,12,15H,8-11,13-14H2,(H2,26,27,29). The Labute approximate surface area is 173 Å². The van der Waals surface area contributed by atoms with Gasteiger partial charge in [0.15, 0.2) is 0 Å². The van der Waals surface area contributed by atoms with E-state index in [0.29, 0.717) is 12.5 Å².